The van der Waals surface area contributed by atoms with Gasteiger partial charge in [0.05, 0.1) is 6.04 Å². The van der Waals surface area contributed by atoms with Gasteiger partial charge in [0.25, 0.3) is 0 Å². The van der Waals surface area contributed by atoms with Crippen LogP contribution in [-0.4, -0.2) is 88.8 Å². The number of hydrogen-bond acceptors (Lipinski definition) is 7. The van der Waals surface area contributed by atoms with E-state index in [4.69, 9.17) is 0 Å². The lowest BCUT2D eigenvalue weighted by molar-refractivity contribution is -0.142. The molecule has 0 saturated heterocycles. The molecule has 10 heteroatoms. The minimum absolute atomic E-state index is 0.230. The number of amides is 2. The van der Waals surface area contributed by atoms with E-state index in [-0.39, 0.29) is 5.91 Å². The molecule has 0 aliphatic carbocycles. The maximum absolute atomic E-state index is 12.9. The Kier molecular flexibility index (Phi) is 18.8. The van der Waals surface area contributed by atoms with Gasteiger partial charge in [0.15, 0.2) is 0 Å². The van der Waals surface area contributed by atoms with Gasteiger partial charge in [0.1, 0.15) is 12.1 Å². The van der Waals surface area contributed by atoms with E-state index in [0.29, 0.717) is 25.7 Å². The fourth-order valence-electron chi connectivity index (χ4n) is 3.43. The Morgan fingerprint density at radius 2 is 0.969 bits per heavy atom. The summed E-state index contributed by atoms with van der Waals surface area (Å²) in [5.74, 6) is -1.72. The molecule has 0 aliphatic heterocycles. The fourth-order valence-corrected chi connectivity index (χ4v) is 3.43. The Morgan fingerprint density at radius 1 is 0.594 bits per heavy atom. The molecule has 0 aromatic carbocycles. The van der Waals surface area contributed by atoms with Gasteiger partial charge in [-0.05, 0) is 99.2 Å². The van der Waals surface area contributed by atoms with Crippen molar-refractivity contribution in [3.05, 3.63) is 0 Å². The summed E-state index contributed by atoms with van der Waals surface area (Å²) in [4.78, 5) is 37.3. The Hall–Kier alpha value is -1.75. The fraction of sp³-hybridized carbons (Fsp3) is 0.864. The molecule has 7 N–H and O–H groups in total. The van der Waals surface area contributed by atoms with Gasteiger partial charge in [-0.2, -0.15) is 0 Å². The first-order valence-electron chi connectivity index (χ1n) is 11.9. The highest BCUT2D eigenvalue weighted by Gasteiger charge is 2.28. The van der Waals surface area contributed by atoms with Gasteiger partial charge in [-0.1, -0.05) is 6.42 Å². The van der Waals surface area contributed by atoms with Crippen LogP contribution >= 0.6 is 0 Å². The molecule has 0 aromatic rings. The molecular weight excluding hydrogens is 412 g/mol. The van der Waals surface area contributed by atoms with Gasteiger partial charge < -0.3 is 37.0 Å². The van der Waals surface area contributed by atoms with E-state index in [1.54, 1.807) is 7.05 Å². The summed E-state index contributed by atoms with van der Waals surface area (Å²) in [6.07, 6.45) is 6.45. The monoisotopic (exact) mass is 458 g/mol. The predicted molar refractivity (Wildman–Crippen MR) is 128 cm³/mol. The summed E-state index contributed by atoms with van der Waals surface area (Å²) in [7, 11) is 7.33. The van der Waals surface area contributed by atoms with Crippen LogP contribution in [0.3, 0.4) is 0 Å². The largest absolute Gasteiger partial charge is 0.480 e. The summed E-state index contributed by atoms with van der Waals surface area (Å²) in [6.45, 7) is 2.50. The third-order valence-electron chi connectivity index (χ3n) is 5.42. The van der Waals surface area contributed by atoms with E-state index in [0.717, 1.165) is 51.7 Å². The summed E-state index contributed by atoms with van der Waals surface area (Å²) in [5, 5.41) is 27.2. The molecule has 0 fully saturated rings. The molecule has 0 rings (SSSR count). The molecule has 0 heterocycles. The first kappa shape index (κ1) is 30.2. The van der Waals surface area contributed by atoms with Crippen LogP contribution in [0.1, 0.15) is 57.8 Å². The normalized spacial score (nSPS) is 13.9. The van der Waals surface area contributed by atoms with Crippen LogP contribution in [0.2, 0.25) is 0 Å². The number of aliphatic carboxylic acids is 1. The first-order valence-corrected chi connectivity index (χ1v) is 11.9. The molecule has 0 aliphatic rings. The topological polar surface area (TPSA) is 144 Å². The zero-order chi connectivity index (χ0) is 24.2. The van der Waals surface area contributed by atoms with E-state index in [1.165, 1.54) is 0 Å². The Balaban J connectivity index is 5.00. The van der Waals surface area contributed by atoms with Gasteiger partial charge >= 0.3 is 5.97 Å². The van der Waals surface area contributed by atoms with Crippen molar-refractivity contribution < 1.29 is 19.5 Å². The van der Waals surface area contributed by atoms with Crippen LogP contribution in [0.15, 0.2) is 0 Å². The predicted octanol–water partition coefficient (Wildman–Crippen LogP) is -0.202. The lowest BCUT2D eigenvalue weighted by atomic mass is 10.0. The SMILES string of the molecule is CNCCCCC(NC(=O)C(CCCCNC)NC(=O)C(CCCCNC)NC)C(=O)O. The maximum Gasteiger partial charge on any atom is 0.326 e. The van der Waals surface area contributed by atoms with Gasteiger partial charge in [0, 0.05) is 0 Å². The molecule has 10 nitrogen and oxygen atoms in total. The molecule has 3 unspecified atom stereocenters. The Morgan fingerprint density at radius 3 is 1.38 bits per heavy atom. The number of unbranched alkanes of at least 4 members (excludes halogenated alkanes) is 3. The second-order valence-corrected chi connectivity index (χ2v) is 8.10. The Labute approximate surface area is 193 Å². The number of carbonyl (C=O) groups is 3. The summed E-state index contributed by atoms with van der Waals surface area (Å²) in [6, 6.07) is -2.11. The number of nitrogens with one attached hydrogen (secondary N) is 6. The highest BCUT2D eigenvalue weighted by Crippen LogP contribution is 2.07. The van der Waals surface area contributed by atoms with Gasteiger partial charge in [0.2, 0.25) is 11.8 Å². The number of carbonyl (C=O) groups excluding carboxylic acids is 2. The molecular formula is C22H46N6O4. The van der Waals surface area contributed by atoms with E-state index in [1.807, 2.05) is 21.1 Å². The smallest absolute Gasteiger partial charge is 0.326 e. The van der Waals surface area contributed by atoms with E-state index < -0.39 is 30.0 Å². The molecule has 0 saturated carbocycles. The van der Waals surface area contributed by atoms with Crippen LogP contribution in [-0.2, 0) is 14.4 Å². The van der Waals surface area contributed by atoms with Crippen molar-refractivity contribution in [3.63, 3.8) is 0 Å². The first-order chi connectivity index (χ1) is 15.4. The number of rotatable bonds is 21. The molecule has 2 amide bonds. The van der Waals surface area contributed by atoms with Gasteiger partial charge in [-0.25, -0.2) is 4.79 Å². The number of hydrogen-bond donors (Lipinski definition) is 7. The maximum atomic E-state index is 12.9. The van der Waals surface area contributed by atoms with Crippen molar-refractivity contribution in [2.24, 2.45) is 0 Å². The van der Waals surface area contributed by atoms with Crippen LogP contribution in [0.4, 0.5) is 0 Å². The van der Waals surface area contributed by atoms with Crippen LogP contribution in [0.25, 0.3) is 0 Å². The number of carboxylic acids is 1. The van der Waals surface area contributed by atoms with Crippen LogP contribution < -0.4 is 31.9 Å². The zero-order valence-corrected chi connectivity index (χ0v) is 20.4. The van der Waals surface area contributed by atoms with Gasteiger partial charge in [-0.15, -0.1) is 0 Å². The van der Waals surface area contributed by atoms with Crippen LogP contribution in [0.5, 0.6) is 0 Å². The van der Waals surface area contributed by atoms with Crippen molar-refractivity contribution in [2.45, 2.75) is 75.9 Å². The molecule has 3 atom stereocenters. The van der Waals surface area contributed by atoms with Crippen molar-refractivity contribution in [3.8, 4) is 0 Å². The molecule has 0 spiro atoms. The highest BCUT2D eigenvalue weighted by molar-refractivity contribution is 5.91. The lowest BCUT2D eigenvalue weighted by Crippen LogP contribution is -2.54. The summed E-state index contributed by atoms with van der Waals surface area (Å²) in [5.41, 5.74) is 0. The van der Waals surface area contributed by atoms with Crippen molar-refractivity contribution in [1.29, 1.82) is 0 Å². The number of carboxylic acid groups (broad SMARTS) is 1. The lowest BCUT2D eigenvalue weighted by Gasteiger charge is -2.24. The van der Waals surface area contributed by atoms with Crippen molar-refractivity contribution >= 4 is 17.8 Å². The summed E-state index contributed by atoms with van der Waals surface area (Å²) < 4.78 is 0. The second-order valence-electron chi connectivity index (χ2n) is 8.10. The average Bonchev–Trinajstić information content (AvgIpc) is 2.77. The summed E-state index contributed by atoms with van der Waals surface area (Å²) >= 11 is 0. The highest BCUT2D eigenvalue weighted by atomic mass is 16.4. The third-order valence-corrected chi connectivity index (χ3v) is 5.42. The molecule has 188 valence electrons. The molecule has 0 radical (unpaired) electrons. The second kappa shape index (κ2) is 19.9. The third kappa shape index (κ3) is 14.3. The molecule has 0 bridgehead atoms. The minimum atomic E-state index is -1.05. The standard InChI is InChI=1S/C22H46N6O4/c1-23-14-8-5-11-17(26-4)20(29)27-18(12-6-9-15-24-2)21(30)28-19(22(31)32)13-7-10-16-25-3/h17-19,23-26H,5-16H2,1-4H3,(H,27,29)(H,28,30)(H,31,32). The van der Waals surface area contributed by atoms with E-state index in [2.05, 4.69) is 31.9 Å². The minimum Gasteiger partial charge on any atom is -0.480 e. The Bertz CT molecular complexity index is 521. The molecule has 32 heavy (non-hydrogen) atoms. The number of likely N-dealkylation sites (N-methyl/N-ethyl adjacent to an activating group) is 1. The van der Waals surface area contributed by atoms with Gasteiger partial charge in [-0.3, -0.25) is 9.59 Å². The molecule has 0 aromatic heterocycles. The van der Waals surface area contributed by atoms with Crippen molar-refractivity contribution in [2.75, 3.05) is 47.8 Å². The van der Waals surface area contributed by atoms with E-state index >= 15 is 0 Å². The van der Waals surface area contributed by atoms with E-state index in [9.17, 15) is 19.5 Å². The average molecular weight is 459 g/mol. The zero-order valence-electron chi connectivity index (χ0n) is 20.4. The van der Waals surface area contributed by atoms with Crippen molar-refractivity contribution in [1.82, 2.24) is 31.9 Å². The quantitative estimate of drug-likeness (QED) is 0.117. The van der Waals surface area contributed by atoms with Crippen LogP contribution in [0, 0.1) is 0 Å².